The van der Waals surface area contributed by atoms with E-state index in [0.717, 1.165) is 45.3 Å². The Morgan fingerprint density at radius 2 is 1.82 bits per heavy atom. The molecule has 1 N–H and O–H groups in total. The number of ketones is 1. The Kier molecular flexibility index (Phi) is 5.58. The second kappa shape index (κ2) is 8.27. The number of likely N-dealkylation sites (tertiary alicyclic amines) is 1. The molecule has 1 aliphatic heterocycles. The van der Waals surface area contributed by atoms with Crippen molar-refractivity contribution in [3.8, 4) is 0 Å². The predicted molar refractivity (Wildman–Crippen MR) is 111 cm³/mol. The molecule has 0 spiro atoms. The van der Waals surface area contributed by atoms with Crippen LogP contribution in [0.2, 0.25) is 0 Å². The van der Waals surface area contributed by atoms with Crippen LogP contribution in [0, 0.1) is 18.7 Å². The van der Waals surface area contributed by atoms with Gasteiger partial charge in [-0.15, -0.1) is 0 Å². The number of para-hydroxylation sites is 1. The van der Waals surface area contributed by atoms with Gasteiger partial charge >= 0.3 is 0 Å². The lowest BCUT2D eigenvalue weighted by molar-refractivity contribution is 0.0839. The van der Waals surface area contributed by atoms with E-state index in [0.29, 0.717) is 5.56 Å². The molecule has 0 atom stereocenters. The average molecular weight is 378 g/mol. The van der Waals surface area contributed by atoms with E-state index in [4.69, 9.17) is 0 Å². The highest BCUT2D eigenvalue weighted by Gasteiger charge is 2.25. The van der Waals surface area contributed by atoms with Crippen LogP contribution in [0.3, 0.4) is 0 Å². The molecule has 0 unspecified atom stereocenters. The first-order valence-corrected chi connectivity index (χ1v) is 10.2. The molecule has 1 fully saturated rings. The zero-order valence-electron chi connectivity index (χ0n) is 16.4. The van der Waals surface area contributed by atoms with Crippen LogP contribution in [-0.2, 0) is 6.42 Å². The standard InChI is InChI=1S/C24H27FN2O/c1-17-21(22-5-2-3-7-23(22)26-17)6-4-14-27-15-12-19(13-16-27)24(28)18-8-10-20(25)11-9-18/h2-3,5,7-11,19,26H,4,6,12-16H2,1H3. The van der Waals surface area contributed by atoms with Crippen molar-refractivity contribution >= 4 is 16.7 Å². The van der Waals surface area contributed by atoms with Gasteiger partial charge in [0.25, 0.3) is 0 Å². The van der Waals surface area contributed by atoms with E-state index in [1.54, 1.807) is 12.1 Å². The summed E-state index contributed by atoms with van der Waals surface area (Å²) in [6, 6.07) is 14.4. The maximum Gasteiger partial charge on any atom is 0.166 e. The van der Waals surface area contributed by atoms with E-state index in [1.807, 2.05) is 0 Å². The Labute approximate surface area is 165 Å². The summed E-state index contributed by atoms with van der Waals surface area (Å²) in [5.74, 6) is -0.0663. The van der Waals surface area contributed by atoms with E-state index < -0.39 is 0 Å². The number of fused-ring (bicyclic) bond motifs is 1. The van der Waals surface area contributed by atoms with Gasteiger partial charge in [0, 0.05) is 28.1 Å². The first-order chi connectivity index (χ1) is 13.6. The van der Waals surface area contributed by atoms with Crippen molar-refractivity contribution in [2.24, 2.45) is 5.92 Å². The van der Waals surface area contributed by atoms with E-state index in [1.165, 1.54) is 34.3 Å². The maximum atomic E-state index is 13.1. The van der Waals surface area contributed by atoms with E-state index in [2.05, 4.69) is 41.1 Å². The van der Waals surface area contributed by atoms with Gasteiger partial charge in [0.1, 0.15) is 5.82 Å². The SMILES string of the molecule is Cc1[nH]c2ccccc2c1CCCN1CCC(C(=O)c2ccc(F)cc2)CC1. The molecule has 0 aliphatic carbocycles. The number of aromatic amines is 1. The number of hydrogen-bond donors (Lipinski definition) is 1. The number of H-pyrrole nitrogens is 1. The van der Waals surface area contributed by atoms with E-state index >= 15 is 0 Å². The van der Waals surface area contributed by atoms with Crippen LogP contribution in [-0.4, -0.2) is 35.3 Å². The van der Waals surface area contributed by atoms with Gasteiger partial charge in [-0.2, -0.15) is 0 Å². The minimum atomic E-state index is -0.295. The van der Waals surface area contributed by atoms with Crippen molar-refractivity contribution in [1.29, 1.82) is 0 Å². The molecule has 1 aliphatic rings. The number of aryl methyl sites for hydroxylation is 2. The number of hydrogen-bond acceptors (Lipinski definition) is 2. The fourth-order valence-corrected chi connectivity index (χ4v) is 4.40. The normalized spacial score (nSPS) is 15.9. The molecule has 0 bridgehead atoms. The summed E-state index contributed by atoms with van der Waals surface area (Å²) in [4.78, 5) is 18.6. The quantitative estimate of drug-likeness (QED) is 0.603. The highest BCUT2D eigenvalue weighted by Crippen LogP contribution is 2.25. The summed E-state index contributed by atoms with van der Waals surface area (Å²) in [5.41, 5.74) is 4.55. The molecule has 0 amide bonds. The number of halogens is 1. The van der Waals surface area contributed by atoms with Crippen molar-refractivity contribution in [1.82, 2.24) is 9.88 Å². The molecule has 4 heteroatoms. The van der Waals surface area contributed by atoms with Gasteiger partial charge in [0.2, 0.25) is 0 Å². The summed E-state index contributed by atoms with van der Waals surface area (Å²) in [5, 5.41) is 1.34. The number of benzene rings is 2. The molecule has 1 saturated heterocycles. The highest BCUT2D eigenvalue weighted by molar-refractivity contribution is 5.97. The van der Waals surface area contributed by atoms with Gasteiger partial charge in [-0.3, -0.25) is 4.79 Å². The summed E-state index contributed by atoms with van der Waals surface area (Å²) < 4.78 is 13.1. The molecule has 3 nitrogen and oxygen atoms in total. The number of aromatic nitrogens is 1. The zero-order valence-corrected chi connectivity index (χ0v) is 16.4. The number of Topliss-reactive ketones (excluding diaryl/α,β-unsaturated/α-hetero) is 1. The van der Waals surface area contributed by atoms with Crippen molar-refractivity contribution < 1.29 is 9.18 Å². The molecule has 2 aromatic carbocycles. The van der Waals surface area contributed by atoms with Crippen LogP contribution in [0.4, 0.5) is 4.39 Å². The largest absolute Gasteiger partial charge is 0.358 e. The molecule has 1 aromatic heterocycles. The minimum Gasteiger partial charge on any atom is -0.358 e. The van der Waals surface area contributed by atoms with Gasteiger partial charge in [0.15, 0.2) is 5.78 Å². The van der Waals surface area contributed by atoms with Gasteiger partial charge in [0.05, 0.1) is 0 Å². The molecular weight excluding hydrogens is 351 g/mol. The van der Waals surface area contributed by atoms with Crippen LogP contribution in [0.15, 0.2) is 48.5 Å². The number of rotatable bonds is 6. The van der Waals surface area contributed by atoms with Crippen LogP contribution in [0.1, 0.15) is 40.9 Å². The molecule has 4 rings (SSSR count). The van der Waals surface area contributed by atoms with Crippen molar-refractivity contribution in [2.45, 2.75) is 32.6 Å². The summed E-state index contributed by atoms with van der Waals surface area (Å²) in [6.07, 6.45) is 3.98. The monoisotopic (exact) mass is 378 g/mol. The van der Waals surface area contributed by atoms with Gasteiger partial charge in [-0.1, -0.05) is 18.2 Å². The van der Waals surface area contributed by atoms with Crippen LogP contribution in [0.25, 0.3) is 10.9 Å². The Balaban J connectivity index is 1.27. The maximum absolute atomic E-state index is 13.1. The van der Waals surface area contributed by atoms with E-state index in [9.17, 15) is 9.18 Å². The van der Waals surface area contributed by atoms with Gasteiger partial charge in [-0.05, 0) is 88.1 Å². The molecular formula is C24H27FN2O. The third-order valence-corrected chi connectivity index (χ3v) is 6.02. The molecule has 146 valence electrons. The summed E-state index contributed by atoms with van der Waals surface area (Å²) in [7, 11) is 0. The van der Waals surface area contributed by atoms with Crippen LogP contribution < -0.4 is 0 Å². The second-order valence-electron chi connectivity index (χ2n) is 7.86. The van der Waals surface area contributed by atoms with Crippen LogP contribution in [0.5, 0.6) is 0 Å². The fourth-order valence-electron chi connectivity index (χ4n) is 4.40. The summed E-state index contributed by atoms with van der Waals surface area (Å²) in [6.45, 7) is 5.15. The number of piperidine rings is 1. The van der Waals surface area contributed by atoms with Gasteiger partial charge in [-0.25, -0.2) is 4.39 Å². The third kappa shape index (κ3) is 4.02. The Morgan fingerprint density at radius 3 is 2.57 bits per heavy atom. The molecule has 28 heavy (non-hydrogen) atoms. The van der Waals surface area contributed by atoms with Crippen molar-refractivity contribution in [3.63, 3.8) is 0 Å². The topological polar surface area (TPSA) is 36.1 Å². The van der Waals surface area contributed by atoms with E-state index in [-0.39, 0.29) is 17.5 Å². The lowest BCUT2D eigenvalue weighted by Gasteiger charge is -2.31. The predicted octanol–water partition coefficient (Wildman–Crippen LogP) is 5.14. The first kappa shape index (κ1) is 18.9. The molecule has 2 heterocycles. The zero-order chi connectivity index (χ0) is 19.5. The number of nitrogens with zero attached hydrogens (tertiary/aromatic N) is 1. The lowest BCUT2D eigenvalue weighted by Crippen LogP contribution is -2.37. The lowest BCUT2D eigenvalue weighted by atomic mass is 9.89. The number of carbonyl (C=O) groups is 1. The van der Waals surface area contributed by atoms with Crippen molar-refractivity contribution in [2.75, 3.05) is 19.6 Å². The smallest absolute Gasteiger partial charge is 0.166 e. The van der Waals surface area contributed by atoms with Crippen LogP contribution >= 0.6 is 0 Å². The van der Waals surface area contributed by atoms with Gasteiger partial charge < -0.3 is 9.88 Å². The number of carbonyl (C=O) groups excluding carboxylic acids is 1. The third-order valence-electron chi connectivity index (χ3n) is 6.02. The molecule has 3 aromatic rings. The Hall–Kier alpha value is -2.46. The Bertz CT molecular complexity index is 952. The highest BCUT2D eigenvalue weighted by atomic mass is 19.1. The molecule has 0 radical (unpaired) electrons. The fraction of sp³-hybridized carbons (Fsp3) is 0.375. The second-order valence-corrected chi connectivity index (χ2v) is 7.86. The number of nitrogens with one attached hydrogen (secondary N) is 1. The Morgan fingerprint density at radius 1 is 1.11 bits per heavy atom. The van der Waals surface area contributed by atoms with Crippen molar-refractivity contribution in [3.05, 3.63) is 71.2 Å². The summed E-state index contributed by atoms with van der Waals surface area (Å²) >= 11 is 0. The molecule has 0 saturated carbocycles. The first-order valence-electron chi connectivity index (χ1n) is 10.2. The minimum absolute atomic E-state index is 0.0672. The average Bonchev–Trinajstić information content (AvgIpc) is 3.04.